The Balaban J connectivity index is 1.78. The molecule has 0 radical (unpaired) electrons. The van der Waals surface area contributed by atoms with E-state index in [0.29, 0.717) is 16.6 Å². The fourth-order valence-corrected chi connectivity index (χ4v) is 3.82. The molecule has 142 valence electrons. The number of halogens is 2. The number of fused-ring (bicyclic) bond motifs is 1. The molecule has 1 fully saturated rings. The van der Waals surface area contributed by atoms with Crippen LogP contribution in [-0.2, 0) is 11.3 Å². The van der Waals surface area contributed by atoms with Gasteiger partial charge >= 0.3 is 5.69 Å². The van der Waals surface area contributed by atoms with Crippen LogP contribution in [0.4, 0.5) is 0 Å². The number of ether oxygens (including phenoxy) is 1. The number of rotatable bonds is 4. The van der Waals surface area contributed by atoms with Crippen LogP contribution in [0.3, 0.4) is 0 Å². The van der Waals surface area contributed by atoms with E-state index in [4.69, 9.17) is 27.9 Å². The van der Waals surface area contributed by atoms with Gasteiger partial charge in [0.15, 0.2) is 0 Å². The van der Waals surface area contributed by atoms with Gasteiger partial charge in [-0.2, -0.15) is 0 Å². The molecule has 4 rings (SSSR count). The molecule has 0 spiro atoms. The van der Waals surface area contributed by atoms with Crippen LogP contribution in [0.2, 0.25) is 10.0 Å². The Morgan fingerprint density at radius 3 is 2.52 bits per heavy atom. The van der Waals surface area contributed by atoms with Gasteiger partial charge < -0.3 is 4.74 Å². The molecule has 2 aromatic carbocycles. The lowest BCUT2D eigenvalue weighted by molar-refractivity contribution is 0.0364. The zero-order valence-corrected chi connectivity index (χ0v) is 16.6. The van der Waals surface area contributed by atoms with Crippen LogP contribution in [0.15, 0.2) is 41.2 Å². The molecule has 5 nitrogen and oxygen atoms in total. The van der Waals surface area contributed by atoms with E-state index < -0.39 is 0 Å². The minimum Gasteiger partial charge on any atom is -0.379 e. The van der Waals surface area contributed by atoms with Crippen molar-refractivity contribution in [1.29, 1.82) is 0 Å². The van der Waals surface area contributed by atoms with Crippen molar-refractivity contribution in [1.82, 2.24) is 14.0 Å². The first-order valence-electron chi connectivity index (χ1n) is 9.02. The van der Waals surface area contributed by atoms with Crippen molar-refractivity contribution in [2.75, 3.05) is 32.8 Å². The minimum absolute atomic E-state index is 0.0829. The molecule has 0 aliphatic carbocycles. The number of imidazole rings is 1. The van der Waals surface area contributed by atoms with Gasteiger partial charge in [-0.1, -0.05) is 29.3 Å². The molecule has 1 saturated heterocycles. The summed E-state index contributed by atoms with van der Waals surface area (Å²) in [7, 11) is 0. The normalized spacial score (nSPS) is 15.5. The lowest BCUT2D eigenvalue weighted by atomic mass is 10.2. The predicted molar refractivity (Wildman–Crippen MR) is 110 cm³/mol. The highest BCUT2D eigenvalue weighted by molar-refractivity contribution is 6.31. The van der Waals surface area contributed by atoms with Crippen molar-refractivity contribution in [2.24, 2.45) is 0 Å². The van der Waals surface area contributed by atoms with Gasteiger partial charge in [-0.05, 0) is 42.8 Å². The molecule has 0 atom stereocenters. The van der Waals surface area contributed by atoms with Crippen LogP contribution in [0, 0.1) is 6.92 Å². The third kappa shape index (κ3) is 3.65. The third-order valence-corrected chi connectivity index (χ3v) is 5.69. The molecule has 1 aromatic heterocycles. The predicted octanol–water partition coefficient (Wildman–Crippen LogP) is 3.74. The highest BCUT2D eigenvalue weighted by atomic mass is 35.5. The first-order chi connectivity index (χ1) is 13.0. The summed E-state index contributed by atoms with van der Waals surface area (Å²) in [6, 6.07) is 11.2. The molecule has 1 aliphatic heterocycles. The maximum atomic E-state index is 13.3. The van der Waals surface area contributed by atoms with Gasteiger partial charge in [-0.25, -0.2) is 4.79 Å². The topological polar surface area (TPSA) is 39.4 Å². The van der Waals surface area contributed by atoms with E-state index >= 15 is 0 Å². The fourth-order valence-electron chi connectivity index (χ4n) is 3.48. The summed E-state index contributed by atoms with van der Waals surface area (Å²) < 4.78 is 8.90. The quantitative estimate of drug-likeness (QED) is 0.663. The van der Waals surface area contributed by atoms with Crippen LogP contribution < -0.4 is 5.69 Å². The average Bonchev–Trinajstić information content (AvgIpc) is 2.94. The number of aryl methyl sites for hydroxylation is 1. The Morgan fingerprint density at radius 2 is 1.78 bits per heavy atom. The maximum absolute atomic E-state index is 13.3. The molecule has 1 aliphatic rings. The van der Waals surface area contributed by atoms with Crippen molar-refractivity contribution in [3.05, 3.63) is 62.5 Å². The monoisotopic (exact) mass is 405 g/mol. The molecular formula is C20H21Cl2N3O2. The van der Waals surface area contributed by atoms with Crippen LogP contribution >= 0.6 is 23.2 Å². The smallest absolute Gasteiger partial charge is 0.333 e. The van der Waals surface area contributed by atoms with Crippen molar-refractivity contribution < 1.29 is 4.74 Å². The summed E-state index contributed by atoms with van der Waals surface area (Å²) in [6.07, 6.45) is 0. The minimum atomic E-state index is -0.0829. The summed E-state index contributed by atoms with van der Waals surface area (Å²) in [5, 5.41) is 1.25. The van der Waals surface area contributed by atoms with Crippen LogP contribution in [-0.4, -0.2) is 46.9 Å². The molecule has 0 bridgehead atoms. The summed E-state index contributed by atoms with van der Waals surface area (Å²) in [5.74, 6) is 0. The van der Waals surface area contributed by atoms with Crippen LogP contribution in [0.25, 0.3) is 16.7 Å². The molecule has 2 heterocycles. The SMILES string of the molecule is Cc1ccc(-n2c(=O)n(CCN3CCOCC3)c3cc(Cl)ccc32)cc1Cl. The van der Waals surface area contributed by atoms with Crippen molar-refractivity contribution in [2.45, 2.75) is 13.5 Å². The molecule has 7 heteroatoms. The first-order valence-corrected chi connectivity index (χ1v) is 9.77. The number of hydrogen-bond donors (Lipinski definition) is 0. The van der Waals surface area contributed by atoms with Gasteiger partial charge in [-0.15, -0.1) is 0 Å². The molecule has 27 heavy (non-hydrogen) atoms. The summed E-state index contributed by atoms with van der Waals surface area (Å²) in [5.41, 5.74) is 3.31. The number of benzene rings is 2. The van der Waals surface area contributed by atoms with E-state index in [1.54, 1.807) is 9.13 Å². The summed E-state index contributed by atoms with van der Waals surface area (Å²) >= 11 is 12.5. The second-order valence-electron chi connectivity index (χ2n) is 6.79. The van der Waals surface area contributed by atoms with E-state index in [2.05, 4.69) is 4.90 Å². The molecular weight excluding hydrogens is 385 g/mol. The fraction of sp³-hybridized carbons (Fsp3) is 0.350. The summed E-state index contributed by atoms with van der Waals surface area (Å²) in [6.45, 7) is 6.60. The Kier molecular flexibility index (Phi) is 5.28. The standard InChI is InChI=1S/C20H21Cl2N3O2/c1-14-2-4-16(13-17(14)22)25-18-5-3-15(21)12-19(18)24(20(25)26)7-6-23-8-10-27-11-9-23/h2-5,12-13H,6-11H2,1H3. The lowest BCUT2D eigenvalue weighted by Gasteiger charge is -2.26. The maximum Gasteiger partial charge on any atom is 0.333 e. The average molecular weight is 406 g/mol. The highest BCUT2D eigenvalue weighted by Gasteiger charge is 2.17. The third-order valence-electron chi connectivity index (χ3n) is 5.05. The molecule has 3 aromatic rings. The van der Waals surface area contributed by atoms with Gasteiger partial charge in [0, 0.05) is 36.2 Å². The number of morpholine rings is 1. The first kappa shape index (κ1) is 18.6. The van der Waals surface area contributed by atoms with E-state index in [0.717, 1.165) is 55.1 Å². The Bertz CT molecular complexity index is 1040. The van der Waals surface area contributed by atoms with Crippen molar-refractivity contribution in [3.8, 4) is 5.69 Å². The van der Waals surface area contributed by atoms with Crippen LogP contribution in [0.1, 0.15) is 5.56 Å². The lowest BCUT2D eigenvalue weighted by Crippen LogP contribution is -2.39. The second-order valence-corrected chi connectivity index (χ2v) is 7.63. The van der Waals surface area contributed by atoms with Crippen molar-refractivity contribution >= 4 is 34.2 Å². The second kappa shape index (κ2) is 7.68. The van der Waals surface area contributed by atoms with Gasteiger partial charge in [0.25, 0.3) is 0 Å². The number of hydrogen-bond acceptors (Lipinski definition) is 3. The van der Waals surface area contributed by atoms with E-state index in [1.807, 2.05) is 43.3 Å². The van der Waals surface area contributed by atoms with E-state index in [1.165, 1.54) is 0 Å². The Morgan fingerprint density at radius 1 is 1.00 bits per heavy atom. The molecule has 0 amide bonds. The van der Waals surface area contributed by atoms with Crippen LogP contribution in [0.5, 0.6) is 0 Å². The van der Waals surface area contributed by atoms with Gasteiger partial charge in [0.05, 0.1) is 29.9 Å². The Hall–Kier alpha value is -1.79. The number of aromatic nitrogens is 2. The van der Waals surface area contributed by atoms with Gasteiger partial charge in [0.2, 0.25) is 0 Å². The number of nitrogens with zero attached hydrogens (tertiary/aromatic N) is 3. The molecule has 0 unspecified atom stereocenters. The van der Waals surface area contributed by atoms with Gasteiger partial charge in [-0.3, -0.25) is 14.0 Å². The zero-order chi connectivity index (χ0) is 19.0. The largest absolute Gasteiger partial charge is 0.379 e. The highest BCUT2D eigenvalue weighted by Crippen LogP contribution is 2.24. The van der Waals surface area contributed by atoms with E-state index in [9.17, 15) is 4.79 Å². The summed E-state index contributed by atoms with van der Waals surface area (Å²) in [4.78, 5) is 15.6. The molecule has 0 saturated carbocycles. The zero-order valence-electron chi connectivity index (χ0n) is 15.1. The van der Waals surface area contributed by atoms with Gasteiger partial charge in [0.1, 0.15) is 0 Å². The Labute approximate surface area is 167 Å². The van der Waals surface area contributed by atoms with E-state index in [-0.39, 0.29) is 5.69 Å². The van der Waals surface area contributed by atoms with Crippen molar-refractivity contribution in [3.63, 3.8) is 0 Å². The molecule has 0 N–H and O–H groups in total.